The van der Waals surface area contributed by atoms with E-state index in [1.807, 2.05) is 48.2 Å². The van der Waals surface area contributed by atoms with Crippen LogP contribution in [0.3, 0.4) is 0 Å². The van der Waals surface area contributed by atoms with Crippen LogP contribution in [0.1, 0.15) is 12.7 Å². The zero-order valence-electron chi connectivity index (χ0n) is 19.7. The van der Waals surface area contributed by atoms with Gasteiger partial charge in [0.05, 0.1) is 28.3 Å². The first kappa shape index (κ1) is 22.7. The highest BCUT2D eigenvalue weighted by molar-refractivity contribution is 6.33. The third-order valence-electron chi connectivity index (χ3n) is 6.14. The number of aromatic amines is 1. The molecule has 5 aromatic heterocycles. The Kier molecular flexibility index (Phi) is 5.53. The molecule has 0 atom stereocenters. The van der Waals surface area contributed by atoms with Crippen molar-refractivity contribution in [2.45, 2.75) is 13.5 Å². The summed E-state index contributed by atoms with van der Waals surface area (Å²) in [5, 5.41) is 13.3. The highest BCUT2D eigenvalue weighted by atomic mass is 35.5. The number of benzene rings is 1. The summed E-state index contributed by atoms with van der Waals surface area (Å²) in [6.07, 6.45) is 4.83. The Labute approximate surface area is 215 Å². The molecule has 0 aliphatic carbocycles. The minimum absolute atomic E-state index is 0.257. The average Bonchev–Trinajstić information content (AvgIpc) is 3.52. The summed E-state index contributed by atoms with van der Waals surface area (Å²) in [4.78, 5) is 28.8. The smallest absolute Gasteiger partial charge is 0.284 e. The fraction of sp³-hybridized carbons (Fsp3) is 0.120. The number of para-hydroxylation sites is 1. The molecule has 1 aromatic carbocycles. The van der Waals surface area contributed by atoms with Gasteiger partial charge < -0.3 is 10.6 Å². The van der Waals surface area contributed by atoms with Gasteiger partial charge in [0.15, 0.2) is 11.5 Å². The summed E-state index contributed by atoms with van der Waals surface area (Å²) in [5.74, 6) is 1.58. The normalized spacial score (nSPS) is 11.4. The van der Waals surface area contributed by atoms with Crippen LogP contribution in [-0.2, 0) is 6.54 Å². The van der Waals surface area contributed by atoms with Crippen molar-refractivity contribution in [2.24, 2.45) is 0 Å². The molecular formula is C25H21ClN10O. The van der Waals surface area contributed by atoms with Crippen molar-refractivity contribution >= 4 is 39.8 Å². The van der Waals surface area contributed by atoms with Crippen LogP contribution in [0.15, 0.2) is 72.0 Å². The fourth-order valence-electron chi connectivity index (χ4n) is 4.37. The van der Waals surface area contributed by atoms with E-state index in [-0.39, 0.29) is 12.1 Å². The highest BCUT2D eigenvalue weighted by Gasteiger charge is 2.22. The van der Waals surface area contributed by atoms with Crippen molar-refractivity contribution in [3.8, 4) is 16.9 Å². The number of nitrogens with zero attached hydrogens (tertiary/aromatic N) is 8. The lowest BCUT2D eigenvalue weighted by Gasteiger charge is -2.24. The molecule has 0 aliphatic rings. The Balaban J connectivity index is 1.52. The molecule has 0 fully saturated rings. The number of nitrogens with one attached hydrogen (secondary N) is 1. The third-order valence-corrected chi connectivity index (χ3v) is 6.44. The second-order valence-electron chi connectivity index (χ2n) is 8.33. The van der Waals surface area contributed by atoms with Crippen LogP contribution in [0, 0.1) is 0 Å². The molecule has 37 heavy (non-hydrogen) atoms. The number of aromatic nitrogens is 8. The number of anilines is 2. The Bertz CT molecular complexity index is 1790. The van der Waals surface area contributed by atoms with E-state index in [0.29, 0.717) is 45.9 Å². The monoisotopic (exact) mass is 512 g/mol. The van der Waals surface area contributed by atoms with Crippen LogP contribution in [0.5, 0.6) is 0 Å². The molecule has 0 saturated carbocycles. The molecule has 11 nitrogen and oxygen atoms in total. The quantitative estimate of drug-likeness (QED) is 0.346. The number of hydrogen-bond acceptors (Lipinski definition) is 8. The molecule has 0 amide bonds. The molecule has 3 N–H and O–H groups in total. The molecule has 0 saturated heterocycles. The zero-order valence-corrected chi connectivity index (χ0v) is 20.5. The molecule has 0 unspecified atom stereocenters. The fourth-order valence-corrected chi connectivity index (χ4v) is 4.59. The first-order chi connectivity index (χ1) is 18.0. The van der Waals surface area contributed by atoms with Crippen LogP contribution in [0.25, 0.3) is 33.5 Å². The van der Waals surface area contributed by atoms with Gasteiger partial charge in [-0.05, 0) is 37.3 Å². The Morgan fingerprint density at radius 3 is 2.68 bits per heavy atom. The second kappa shape index (κ2) is 9.03. The number of pyridine rings is 1. The average molecular weight is 513 g/mol. The molecule has 0 spiro atoms. The van der Waals surface area contributed by atoms with E-state index in [0.717, 1.165) is 16.6 Å². The molecule has 0 aliphatic heterocycles. The number of hydrogen-bond donors (Lipinski definition) is 2. The summed E-state index contributed by atoms with van der Waals surface area (Å²) >= 11 is 6.33. The first-order valence-corrected chi connectivity index (χ1v) is 11.9. The molecule has 5 heterocycles. The van der Waals surface area contributed by atoms with Crippen LogP contribution < -0.4 is 16.2 Å². The SMILES string of the molecule is CCN(Cc1nn2ccc(Cl)c2c(=O)n1-c1ccccc1)c1ncnc2n[nH]c(-c3ccc(N)nc3)c12. The van der Waals surface area contributed by atoms with E-state index in [1.165, 1.54) is 10.8 Å². The predicted molar refractivity (Wildman–Crippen MR) is 142 cm³/mol. The Hall–Kier alpha value is -4.77. The maximum absolute atomic E-state index is 13.6. The predicted octanol–water partition coefficient (Wildman–Crippen LogP) is 3.48. The van der Waals surface area contributed by atoms with E-state index in [4.69, 9.17) is 22.4 Å². The molecule has 184 valence electrons. The standard InChI is InChI=1S/C25H21ClN10O/c1-2-34(24-20-21(15-8-9-18(27)28-12-15)31-32-23(20)29-14-30-24)13-19-33-35-11-10-17(26)22(35)25(37)36(19)16-6-4-3-5-7-16/h3-12,14H,2,13H2,1H3,(H2,27,28)(H,29,30,31,32). The van der Waals surface area contributed by atoms with Gasteiger partial charge in [-0.2, -0.15) is 10.2 Å². The summed E-state index contributed by atoms with van der Waals surface area (Å²) < 4.78 is 3.11. The number of rotatable bonds is 6. The lowest BCUT2D eigenvalue weighted by atomic mass is 10.1. The Morgan fingerprint density at radius 1 is 1.08 bits per heavy atom. The van der Waals surface area contributed by atoms with Crippen molar-refractivity contribution in [1.82, 2.24) is 39.3 Å². The van der Waals surface area contributed by atoms with Crippen LogP contribution in [0.2, 0.25) is 5.02 Å². The molecule has 6 rings (SSSR count). The number of nitrogens with two attached hydrogens (primary N) is 1. The Morgan fingerprint density at radius 2 is 1.92 bits per heavy atom. The number of halogens is 1. The maximum atomic E-state index is 13.6. The van der Waals surface area contributed by atoms with Crippen LogP contribution in [-0.4, -0.2) is 45.9 Å². The van der Waals surface area contributed by atoms with Gasteiger partial charge in [0, 0.05) is 24.5 Å². The van der Waals surface area contributed by atoms with Crippen molar-refractivity contribution in [2.75, 3.05) is 17.2 Å². The van der Waals surface area contributed by atoms with E-state index < -0.39 is 0 Å². The lowest BCUT2D eigenvalue weighted by molar-refractivity contribution is 0.685. The van der Waals surface area contributed by atoms with Gasteiger partial charge in [-0.25, -0.2) is 19.5 Å². The highest BCUT2D eigenvalue weighted by Crippen LogP contribution is 2.32. The van der Waals surface area contributed by atoms with Gasteiger partial charge in [0.2, 0.25) is 0 Å². The second-order valence-corrected chi connectivity index (χ2v) is 8.74. The molecule has 6 aromatic rings. The number of nitrogen functional groups attached to an aromatic ring is 1. The van der Waals surface area contributed by atoms with Gasteiger partial charge in [-0.1, -0.05) is 29.8 Å². The van der Waals surface area contributed by atoms with Crippen LogP contribution in [0.4, 0.5) is 11.6 Å². The van der Waals surface area contributed by atoms with Crippen LogP contribution >= 0.6 is 11.6 Å². The third kappa shape index (κ3) is 3.85. The van der Waals surface area contributed by atoms with Crippen molar-refractivity contribution in [1.29, 1.82) is 0 Å². The van der Waals surface area contributed by atoms with E-state index >= 15 is 0 Å². The molecular weight excluding hydrogens is 492 g/mol. The summed E-state index contributed by atoms with van der Waals surface area (Å²) in [5.41, 5.74) is 8.55. The first-order valence-electron chi connectivity index (χ1n) is 11.5. The summed E-state index contributed by atoms with van der Waals surface area (Å²) in [6.45, 7) is 2.86. The maximum Gasteiger partial charge on any atom is 0.284 e. The van der Waals surface area contributed by atoms with E-state index in [2.05, 4.69) is 25.1 Å². The minimum atomic E-state index is -0.257. The van der Waals surface area contributed by atoms with Crippen molar-refractivity contribution in [3.05, 3.63) is 88.5 Å². The van der Waals surface area contributed by atoms with Gasteiger partial charge in [0.1, 0.15) is 23.5 Å². The topological polar surface area (TPSA) is 136 Å². The largest absolute Gasteiger partial charge is 0.384 e. The van der Waals surface area contributed by atoms with Gasteiger partial charge in [-0.15, -0.1) is 0 Å². The molecule has 12 heteroatoms. The summed E-state index contributed by atoms with van der Waals surface area (Å²) in [7, 11) is 0. The van der Waals surface area contributed by atoms with Crippen molar-refractivity contribution < 1.29 is 0 Å². The zero-order chi connectivity index (χ0) is 25.5. The van der Waals surface area contributed by atoms with E-state index in [1.54, 1.807) is 29.1 Å². The number of fused-ring (bicyclic) bond motifs is 2. The van der Waals surface area contributed by atoms with E-state index in [9.17, 15) is 4.79 Å². The number of H-pyrrole nitrogens is 1. The molecule has 0 bridgehead atoms. The minimum Gasteiger partial charge on any atom is -0.384 e. The molecule has 0 radical (unpaired) electrons. The van der Waals surface area contributed by atoms with Gasteiger partial charge in [-0.3, -0.25) is 14.5 Å². The lowest BCUT2D eigenvalue weighted by Crippen LogP contribution is -2.32. The summed E-state index contributed by atoms with van der Waals surface area (Å²) in [6, 6.07) is 14.6. The van der Waals surface area contributed by atoms with Gasteiger partial charge in [0.25, 0.3) is 5.56 Å². The van der Waals surface area contributed by atoms with Crippen molar-refractivity contribution in [3.63, 3.8) is 0 Å². The van der Waals surface area contributed by atoms with Gasteiger partial charge >= 0.3 is 0 Å².